The van der Waals surface area contributed by atoms with Gasteiger partial charge in [0, 0.05) is 6.54 Å². The molecule has 6 heteroatoms. The van der Waals surface area contributed by atoms with Crippen LogP contribution in [0, 0.1) is 6.92 Å². The second-order valence-electron chi connectivity index (χ2n) is 3.13. The molecule has 78 valence electrons. The average Bonchev–Trinajstić information content (AvgIpc) is 2.58. The lowest BCUT2D eigenvalue weighted by Gasteiger charge is -2.01. The predicted octanol–water partition coefficient (Wildman–Crippen LogP) is 0.853. The van der Waals surface area contributed by atoms with Gasteiger partial charge in [-0.1, -0.05) is 0 Å². The number of nitrogens with zero attached hydrogens (tertiary/aromatic N) is 4. The Hall–Kier alpha value is -1.98. The number of carboxylic acid groups (broad SMARTS) is 1. The normalized spacial score (nSPS) is 10.8. The van der Waals surface area contributed by atoms with E-state index < -0.39 is 5.97 Å². The monoisotopic (exact) mass is 206 g/mol. The zero-order valence-electron chi connectivity index (χ0n) is 8.43. The maximum atomic E-state index is 10.8. The highest BCUT2D eigenvalue weighted by Crippen LogP contribution is 2.12. The number of hydrogen-bond donors (Lipinski definition) is 1. The Morgan fingerprint density at radius 2 is 2.27 bits per heavy atom. The van der Waals surface area contributed by atoms with Crippen LogP contribution in [0.5, 0.6) is 0 Å². The van der Waals surface area contributed by atoms with Crippen molar-refractivity contribution >= 4 is 17.1 Å². The largest absolute Gasteiger partial charge is 0.476 e. The summed E-state index contributed by atoms with van der Waals surface area (Å²) in [6.45, 7) is 4.25. The molecule has 0 fully saturated rings. The zero-order chi connectivity index (χ0) is 11.0. The van der Waals surface area contributed by atoms with Crippen molar-refractivity contribution in [3.05, 3.63) is 17.6 Å². The number of aromatic carboxylic acids is 1. The molecule has 0 aliphatic carbocycles. The summed E-state index contributed by atoms with van der Waals surface area (Å²) in [6, 6.07) is 0. The maximum Gasteiger partial charge on any atom is 0.356 e. The van der Waals surface area contributed by atoms with Crippen LogP contribution in [0.25, 0.3) is 11.2 Å². The molecule has 0 unspecified atom stereocenters. The molecular formula is C9H10N4O2. The summed E-state index contributed by atoms with van der Waals surface area (Å²) in [6.07, 6.45) is 1.53. The highest BCUT2D eigenvalue weighted by Gasteiger charge is 2.14. The second-order valence-corrected chi connectivity index (χ2v) is 3.13. The first-order valence-electron chi connectivity index (χ1n) is 4.57. The number of fused-ring (bicyclic) bond motifs is 1. The molecule has 1 N–H and O–H groups in total. The molecule has 2 heterocycles. The fourth-order valence-corrected chi connectivity index (χ4v) is 1.41. The van der Waals surface area contributed by atoms with Gasteiger partial charge in [-0.3, -0.25) is 0 Å². The van der Waals surface area contributed by atoms with E-state index in [0.29, 0.717) is 23.4 Å². The minimum absolute atomic E-state index is 0.0156. The number of hydrogen-bond acceptors (Lipinski definition) is 4. The number of aryl methyl sites for hydroxylation is 2. The molecule has 0 bridgehead atoms. The van der Waals surface area contributed by atoms with Crippen LogP contribution >= 0.6 is 0 Å². The summed E-state index contributed by atoms with van der Waals surface area (Å²) in [5.74, 6) is -1.06. The van der Waals surface area contributed by atoms with Crippen LogP contribution in [-0.2, 0) is 6.54 Å². The van der Waals surface area contributed by atoms with Crippen molar-refractivity contribution in [1.82, 2.24) is 19.7 Å². The van der Waals surface area contributed by atoms with Crippen LogP contribution < -0.4 is 0 Å². The Labute approximate surface area is 85.6 Å². The van der Waals surface area contributed by atoms with Gasteiger partial charge in [-0.15, -0.1) is 0 Å². The van der Waals surface area contributed by atoms with Gasteiger partial charge in [-0.25, -0.2) is 19.4 Å². The Morgan fingerprint density at radius 1 is 1.53 bits per heavy atom. The number of aromatic nitrogens is 4. The predicted molar refractivity (Wildman–Crippen MR) is 52.7 cm³/mol. The molecule has 2 aromatic rings. The Kier molecular flexibility index (Phi) is 2.11. The first-order valence-corrected chi connectivity index (χ1v) is 4.57. The third kappa shape index (κ3) is 1.43. The van der Waals surface area contributed by atoms with E-state index in [4.69, 9.17) is 5.11 Å². The Balaban J connectivity index is 2.72. The summed E-state index contributed by atoms with van der Waals surface area (Å²) in [7, 11) is 0. The van der Waals surface area contributed by atoms with Crippen molar-refractivity contribution in [2.24, 2.45) is 0 Å². The topological polar surface area (TPSA) is 80.9 Å². The first kappa shape index (κ1) is 9.57. The highest BCUT2D eigenvalue weighted by atomic mass is 16.4. The third-order valence-corrected chi connectivity index (χ3v) is 2.14. The molecule has 0 aromatic carbocycles. The summed E-state index contributed by atoms with van der Waals surface area (Å²) in [5, 5.41) is 12.9. The van der Waals surface area contributed by atoms with Gasteiger partial charge >= 0.3 is 5.97 Å². The van der Waals surface area contributed by atoms with Crippen molar-refractivity contribution in [3.8, 4) is 0 Å². The summed E-state index contributed by atoms with van der Waals surface area (Å²) >= 11 is 0. The molecule has 15 heavy (non-hydrogen) atoms. The molecule has 0 aliphatic rings. The molecular weight excluding hydrogens is 196 g/mol. The quantitative estimate of drug-likeness (QED) is 0.787. The van der Waals surface area contributed by atoms with Crippen molar-refractivity contribution < 1.29 is 9.90 Å². The van der Waals surface area contributed by atoms with E-state index >= 15 is 0 Å². The van der Waals surface area contributed by atoms with E-state index in [2.05, 4.69) is 15.1 Å². The van der Waals surface area contributed by atoms with E-state index in [1.165, 1.54) is 6.20 Å². The Bertz CT molecular complexity index is 532. The van der Waals surface area contributed by atoms with Gasteiger partial charge in [0.25, 0.3) is 0 Å². The van der Waals surface area contributed by atoms with Gasteiger partial charge in [-0.05, 0) is 13.8 Å². The van der Waals surface area contributed by atoms with Crippen molar-refractivity contribution in [3.63, 3.8) is 0 Å². The second kappa shape index (κ2) is 3.30. The minimum Gasteiger partial charge on any atom is -0.476 e. The zero-order valence-corrected chi connectivity index (χ0v) is 8.43. The van der Waals surface area contributed by atoms with Gasteiger partial charge in [0.1, 0.15) is 5.52 Å². The van der Waals surface area contributed by atoms with E-state index in [1.807, 2.05) is 6.92 Å². The van der Waals surface area contributed by atoms with E-state index in [9.17, 15) is 4.79 Å². The lowest BCUT2D eigenvalue weighted by molar-refractivity contribution is 0.0689. The van der Waals surface area contributed by atoms with E-state index in [-0.39, 0.29) is 5.69 Å². The fourth-order valence-electron chi connectivity index (χ4n) is 1.41. The van der Waals surface area contributed by atoms with Crippen molar-refractivity contribution in [2.75, 3.05) is 0 Å². The molecule has 2 aromatic heterocycles. The fraction of sp³-hybridized carbons (Fsp3) is 0.333. The van der Waals surface area contributed by atoms with Gasteiger partial charge in [-0.2, -0.15) is 5.10 Å². The van der Waals surface area contributed by atoms with Crippen LogP contribution in [0.2, 0.25) is 0 Å². The molecule has 6 nitrogen and oxygen atoms in total. The summed E-state index contributed by atoms with van der Waals surface area (Å²) in [5.41, 5.74) is 1.53. The smallest absolute Gasteiger partial charge is 0.356 e. The van der Waals surface area contributed by atoms with Crippen LogP contribution in [0.3, 0.4) is 0 Å². The number of rotatable bonds is 2. The molecule has 0 saturated heterocycles. The Morgan fingerprint density at radius 3 is 2.87 bits per heavy atom. The number of carbonyl (C=O) groups is 1. The first-order chi connectivity index (χ1) is 7.13. The molecule has 0 saturated carbocycles. The third-order valence-electron chi connectivity index (χ3n) is 2.14. The lowest BCUT2D eigenvalue weighted by Crippen LogP contribution is -2.07. The van der Waals surface area contributed by atoms with Gasteiger partial charge in [0.15, 0.2) is 11.3 Å². The molecule has 2 rings (SSSR count). The molecule has 0 amide bonds. The summed E-state index contributed by atoms with van der Waals surface area (Å²) < 4.78 is 1.68. The van der Waals surface area contributed by atoms with Gasteiger partial charge in [0.05, 0.1) is 11.9 Å². The summed E-state index contributed by atoms with van der Waals surface area (Å²) in [4.78, 5) is 19.0. The van der Waals surface area contributed by atoms with Crippen molar-refractivity contribution in [1.29, 1.82) is 0 Å². The lowest BCUT2D eigenvalue weighted by atomic mass is 10.3. The standard InChI is InChI=1S/C9H10N4O2/c1-3-13-8-6(4-10-13)12-7(9(14)15)5(2)11-8/h4H,3H2,1-2H3,(H,14,15). The van der Waals surface area contributed by atoms with Crippen LogP contribution in [0.15, 0.2) is 6.20 Å². The average molecular weight is 206 g/mol. The van der Waals surface area contributed by atoms with Crippen molar-refractivity contribution in [2.45, 2.75) is 20.4 Å². The minimum atomic E-state index is -1.06. The maximum absolute atomic E-state index is 10.8. The SMILES string of the molecule is CCn1ncc2nc(C(=O)O)c(C)nc21. The van der Waals surface area contributed by atoms with E-state index in [1.54, 1.807) is 11.6 Å². The van der Waals surface area contributed by atoms with Crippen LogP contribution in [0.4, 0.5) is 0 Å². The van der Waals surface area contributed by atoms with Crippen LogP contribution in [0.1, 0.15) is 23.1 Å². The molecule has 0 spiro atoms. The van der Waals surface area contributed by atoms with Gasteiger partial charge in [0.2, 0.25) is 0 Å². The van der Waals surface area contributed by atoms with Gasteiger partial charge < -0.3 is 5.11 Å². The molecule has 0 aliphatic heterocycles. The van der Waals surface area contributed by atoms with Crippen LogP contribution in [-0.4, -0.2) is 30.8 Å². The molecule has 0 radical (unpaired) electrons. The number of carboxylic acids is 1. The van der Waals surface area contributed by atoms with E-state index in [0.717, 1.165) is 0 Å². The molecule has 0 atom stereocenters. The highest BCUT2D eigenvalue weighted by molar-refractivity contribution is 5.88.